The summed E-state index contributed by atoms with van der Waals surface area (Å²) in [6.45, 7) is 0.411. The molecule has 0 bridgehead atoms. The molecule has 5 rings (SSSR count). The van der Waals surface area contributed by atoms with Crippen molar-refractivity contribution >= 4 is 17.5 Å². The number of ketones is 2. The summed E-state index contributed by atoms with van der Waals surface area (Å²) in [5.74, 6) is -7.72. The molecular weight excluding hydrogens is 572 g/mol. The monoisotopic (exact) mass is 610 g/mol. The van der Waals surface area contributed by atoms with E-state index < -0.39 is 64.0 Å². The lowest BCUT2D eigenvalue weighted by Gasteiger charge is -2.51. The number of allylic oxidation sites excluding steroid dienone is 1. The van der Waals surface area contributed by atoms with Gasteiger partial charge in [0.25, 0.3) is 5.91 Å². The maximum absolute atomic E-state index is 14.2. The molecule has 0 radical (unpaired) electrons. The SMILES string of the molecule is CN(C)C1C=C(CNCc2ccc(O)c(O)c2)C(O)=C2C(=O)C3=C(O)[C@]4(O)C(=O)C(C(N)=O)=C(O)[C@@H](N(C)C)[C@@H]4C[C@@H]3CC21. The molecule has 2 unspecified atom stereocenters. The Kier molecular flexibility index (Phi) is 7.87. The molecule has 6 atom stereocenters. The summed E-state index contributed by atoms with van der Waals surface area (Å²) in [6, 6.07) is 3.02. The van der Waals surface area contributed by atoms with Crippen molar-refractivity contribution in [2.45, 2.75) is 37.1 Å². The number of carbonyl (C=O) groups excluding carboxylic acids is 3. The second-order valence-corrected chi connectivity index (χ2v) is 12.4. The average Bonchev–Trinajstić information content (AvgIpc) is 2.93. The first kappa shape index (κ1) is 31.3. The zero-order valence-electron chi connectivity index (χ0n) is 24.9. The number of phenolic OH excluding ortho intramolecular Hbond substituents is 2. The standard InChI is InChI=1S/C31H38N4O9/c1-34(2)18-10-15(12-33-11-13-5-6-19(36)20(37)7-13)25(38)22-16(18)8-14-9-17-24(35(3)4)27(40)23(30(32)43)29(42)31(17,44)28(41)21(14)26(22)39/h5-7,10,14,16-18,24,33,36-38,40-41,44H,8-9,11-12H2,1-4H3,(H2,32,43)/t14-,16?,17-,18?,24-,31-/m0/s1. The van der Waals surface area contributed by atoms with Crippen LogP contribution in [0, 0.1) is 17.8 Å². The molecule has 1 fully saturated rings. The third-order valence-corrected chi connectivity index (χ3v) is 9.42. The average molecular weight is 611 g/mol. The van der Waals surface area contributed by atoms with Gasteiger partial charge in [-0.05, 0) is 64.6 Å². The summed E-state index contributed by atoms with van der Waals surface area (Å²) >= 11 is 0. The highest BCUT2D eigenvalue weighted by atomic mass is 16.3. The second-order valence-electron chi connectivity index (χ2n) is 12.4. The van der Waals surface area contributed by atoms with Crippen LogP contribution in [-0.2, 0) is 20.9 Å². The van der Waals surface area contributed by atoms with Gasteiger partial charge in [0.15, 0.2) is 22.9 Å². The number of amides is 1. The molecule has 1 aromatic carbocycles. The van der Waals surface area contributed by atoms with Crippen LogP contribution >= 0.6 is 0 Å². The highest BCUT2D eigenvalue weighted by molar-refractivity contribution is 6.24. The van der Waals surface area contributed by atoms with E-state index >= 15 is 0 Å². The zero-order valence-corrected chi connectivity index (χ0v) is 24.9. The lowest BCUT2D eigenvalue weighted by atomic mass is 9.56. The van der Waals surface area contributed by atoms with Crippen molar-refractivity contribution in [3.63, 3.8) is 0 Å². The molecule has 1 aromatic rings. The minimum Gasteiger partial charge on any atom is -0.510 e. The van der Waals surface area contributed by atoms with Gasteiger partial charge < -0.3 is 46.6 Å². The Hall–Kier alpha value is -4.17. The van der Waals surface area contributed by atoms with E-state index in [1.807, 2.05) is 25.1 Å². The van der Waals surface area contributed by atoms with Gasteiger partial charge >= 0.3 is 0 Å². The third kappa shape index (κ3) is 4.67. The molecule has 0 heterocycles. The molecule has 44 heavy (non-hydrogen) atoms. The Morgan fingerprint density at radius 2 is 1.66 bits per heavy atom. The highest BCUT2D eigenvalue weighted by Crippen LogP contribution is 2.54. The summed E-state index contributed by atoms with van der Waals surface area (Å²) in [5, 5.41) is 68.2. The molecule has 0 aromatic heterocycles. The predicted molar refractivity (Wildman–Crippen MR) is 157 cm³/mol. The molecule has 236 valence electrons. The number of hydrogen-bond acceptors (Lipinski definition) is 12. The zero-order chi connectivity index (χ0) is 32.4. The van der Waals surface area contributed by atoms with Crippen LogP contribution in [-0.4, -0.2) is 110 Å². The van der Waals surface area contributed by atoms with Gasteiger partial charge in [-0.1, -0.05) is 12.1 Å². The molecule has 4 aliphatic rings. The number of nitrogens with one attached hydrogen (secondary N) is 1. The fourth-order valence-corrected chi connectivity index (χ4v) is 7.37. The Labute approximate surface area is 253 Å². The fourth-order valence-electron chi connectivity index (χ4n) is 7.37. The van der Waals surface area contributed by atoms with Crippen molar-refractivity contribution in [1.29, 1.82) is 0 Å². The molecule has 1 saturated carbocycles. The predicted octanol–water partition coefficient (Wildman–Crippen LogP) is 0.448. The smallest absolute Gasteiger partial charge is 0.255 e. The van der Waals surface area contributed by atoms with Crippen LogP contribution in [0.4, 0.5) is 0 Å². The van der Waals surface area contributed by atoms with Gasteiger partial charge in [0.05, 0.1) is 6.04 Å². The number of aromatic hydroxyl groups is 2. The van der Waals surface area contributed by atoms with Gasteiger partial charge in [-0.3, -0.25) is 19.3 Å². The minimum atomic E-state index is -2.69. The van der Waals surface area contributed by atoms with Crippen LogP contribution in [0.3, 0.4) is 0 Å². The van der Waals surface area contributed by atoms with Crippen LogP contribution < -0.4 is 11.1 Å². The number of likely N-dealkylation sites (N-methyl/N-ethyl adjacent to an activating group) is 2. The van der Waals surface area contributed by atoms with Crippen molar-refractivity contribution in [1.82, 2.24) is 15.1 Å². The molecule has 13 nitrogen and oxygen atoms in total. The Morgan fingerprint density at radius 3 is 2.25 bits per heavy atom. The summed E-state index contributed by atoms with van der Waals surface area (Å²) < 4.78 is 0. The van der Waals surface area contributed by atoms with Gasteiger partial charge in [-0.15, -0.1) is 0 Å². The number of benzene rings is 1. The van der Waals surface area contributed by atoms with E-state index in [1.165, 1.54) is 17.0 Å². The Balaban J connectivity index is 1.54. The number of aliphatic hydroxyl groups excluding tert-OH is 3. The second kappa shape index (κ2) is 11.1. The first-order valence-corrected chi connectivity index (χ1v) is 14.3. The normalized spacial score (nSPS) is 30.4. The van der Waals surface area contributed by atoms with Crippen molar-refractivity contribution in [2.75, 3.05) is 34.7 Å². The minimum absolute atomic E-state index is 0.0363. The third-order valence-electron chi connectivity index (χ3n) is 9.42. The van der Waals surface area contributed by atoms with E-state index in [0.29, 0.717) is 17.6 Å². The summed E-state index contributed by atoms with van der Waals surface area (Å²) in [4.78, 5) is 43.3. The van der Waals surface area contributed by atoms with Crippen LogP contribution in [0.25, 0.3) is 0 Å². The first-order chi connectivity index (χ1) is 20.6. The Bertz CT molecular complexity index is 1570. The molecule has 0 saturated heterocycles. The number of fused-ring (bicyclic) bond motifs is 3. The number of nitrogens with two attached hydrogens (primary N) is 1. The number of Topliss-reactive ketones (excluding diaryl/α,β-unsaturated/α-hetero) is 2. The van der Waals surface area contributed by atoms with E-state index in [-0.39, 0.29) is 54.0 Å². The maximum atomic E-state index is 14.2. The first-order valence-electron chi connectivity index (χ1n) is 14.3. The van der Waals surface area contributed by atoms with E-state index in [0.717, 1.165) is 0 Å². The van der Waals surface area contributed by atoms with Crippen molar-refractivity contribution < 1.29 is 45.0 Å². The number of aliphatic hydroxyl groups is 4. The highest BCUT2D eigenvalue weighted by Gasteiger charge is 2.64. The van der Waals surface area contributed by atoms with Crippen molar-refractivity contribution in [3.05, 3.63) is 69.4 Å². The van der Waals surface area contributed by atoms with Gasteiger partial charge in [-0.2, -0.15) is 0 Å². The summed E-state index contributed by atoms with van der Waals surface area (Å²) in [6.07, 6.45) is 2.20. The van der Waals surface area contributed by atoms with Crippen LogP contribution in [0.1, 0.15) is 18.4 Å². The quantitative estimate of drug-likeness (QED) is 0.156. The van der Waals surface area contributed by atoms with E-state index in [2.05, 4.69) is 5.32 Å². The maximum Gasteiger partial charge on any atom is 0.255 e. The van der Waals surface area contributed by atoms with Gasteiger partial charge in [0.2, 0.25) is 5.78 Å². The number of phenols is 2. The number of hydrogen-bond donors (Lipinski definition) is 8. The fraction of sp³-hybridized carbons (Fsp3) is 0.452. The number of primary amides is 1. The summed E-state index contributed by atoms with van der Waals surface area (Å²) in [5.41, 5.74) is 2.81. The van der Waals surface area contributed by atoms with Gasteiger partial charge in [0.1, 0.15) is 22.9 Å². The number of rotatable bonds is 7. The topological polar surface area (TPSA) is 217 Å². The van der Waals surface area contributed by atoms with Crippen LogP contribution in [0.5, 0.6) is 11.5 Å². The summed E-state index contributed by atoms with van der Waals surface area (Å²) in [7, 11) is 6.86. The van der Waals surface area contributed by atoms with Crippen molar-refractivity contribution in [2.24, 2.45) is 23.5 Å². The van der Waals surface area contributed by atoms with Gasteiger partial charge in [-0.25, -0.2) is 0 Å². The van der Waals surface area contributed by atoms with E-state index in [4.69, 9.17) is 5.73 Å². The van der Waals surface area contributed by atoms with Crippen molar-refractivity contribution in [3.8, 4) is 11.5 Å². The molecule has 0 aliphatic heterocycles. The van der Waals surface area contributed by atoms with E-state index in [9.17, 15) is 45.0 Å². The molecule has 1 amide bonds. The number of nitrogens with zero attached hydrogens (tertiary/aromatic N) is 2. The molecular formula is C31H38N4O9. The van der Waals surface area contributed by atoms with Crippen LogP contribution in [0.15, 0.2) is 63.8 Å². The van der Waals surface area contributed by atoms with E-state index in [1.54, 1.807) is 20.2 Å². The lowest BCUT2D eigenvalue weighted by molar-refractivity contribution is -0.149. The molecule has 0 spiro atoms. The number of carbonyl (C=O) groups is 3. The lowest BCUT2D eigenvalue weighted by Crippen LogP contribution is -2.64. The van der Waals surface area contributed by atoms with Crippen LogP contribution in [0.2, 0.25) is 0 Å². The Morgan fingerprint density at radius 1 is 0.977 bits per heavy atom. The molecule has 4 aliphatic carbocycles. The van der Waals surface area contributed by atoms with Gasteiger partial charge in [0, 0.05) is 47.7 Å². The molecule has 13 heteroatoms. The molecule has 9 N–H and O–H groups in total. The largest absolute Gasteiger partial charge is 0.510 e.